The van der Waals surface area contributed by atoms with Gasteiger partial charge in [-0.3, -0.25) is 4.98 Å². The molecule has 0 radical (unpaired) electrons. The van der Waals surface area contributed by atoms with Crippen LogP contribution in [0, 0.1) is 5.92 Å². The number of nitrogens with one attached hydrogen (secondary N) is 1. The number of hydrogen-bond donors (Lipinski definition) is 1. The minimum Gasteiger partial charge on any atom is -0.381 e. The number of hydrogen-bond acceptors (Lipinski definition) is 5. The van der Waals surface area contributed by atoms with Crippen LogP contribution < -0.4 is 5.32 Å². The molecule has 2 aromatic heterocycles. The van der Waals surface area contributed by atoms with Crippen LogP contribution in [0.15, 0.2) is 24.5 Å². The molecule has 6 nitrogen and oxygen atoms in total. The zero-order chi connectivity index (χ0) is 13.4. The van der Waals surface area contributed by atoms with Crippen molar-refractivity contribution in [3.8, 4) is 11.4 Å². The fourth-order valence-electron chi connectivity index (χ4n) is 3.04. The van der Waals surface area contributed by atoms with Crippen molar-refractivity contribution in [3.63, 3.8) is 0 Å². The van der Waals surface area contributed by atoms with Gasteiger partial charge in [0.1, 0.15) is 0 Å². The Morgan fingerprint density at radius 1 is 1.25 bits per heavy atom. The summed E-state index contributed by atoms with van der Waals surface area (Å²) in [5, 5.41) is 8.05. The van der Waals surface area contributed by atoms with Crippen molar-refractivity contribution in [3.05, 3.63) is 24.5 Å². The standard InChI is InChI=1S/C14H17N5O/c1-5-15-6-2-10(1)13-17-14-16-7-3-12(19(14)18-13)11-4-8-20-9-11/h1-2,5-6,11-12H,3-4,7-9H2,(H,16,17,18). The second kappa shape index (κ2) is 4.86. The molecule has 2 aliphatic rings. The number of anilines is 1. The fraction of sp³-hybridized carbons (Fsp3) is 0.500. The van der Waals surface area contributed by atoms with Crippen LogP contribution in [-0.4, -0.2) is 39.5 Å². The number of rotatable bonds is 2. The number of pyridine rings is 1. The van der Waals surface area contributed by atoms with Crippen LogP contribution in [0.25, 0.3) is 11.4 Å². The van der Waals surface area contributed by atoms with E-state index < -0.39 is 0 Å². The zero-order valence-corrected chi connectivity index (χ0v) is 11.2. The average molecular weight is 271 g/mol. The Balaban J connectivity index is 1.70. The summed E-state index contributed by atoms with van der Waals surface area (Å²) in [4.78, 5) is 8.65. The summed E-state index contributed by atoms with van der Waals surface area (Å²) in [6, 6.07) is 4.28. The molecule has 0 aromatic carbocycles. The van der Waals surface area contributed by atoms with E-state index in [4.69, 9.17) is 9.84 Å². The van der Waals surface area contributed by atoms with E-state index >= 15 is 0 Å². The van der Waals surface area contributed by atoms with E-state index in [0.29, 0.717) is 12.0 Å². The number of fused-ring (bicyclic) bond motifs is 1. The van der Waals surface area contributed by atoms with Gasteiger partial charge in [0.15, 0.2) is 5.82 Å². The molecule has 2 aliphatic heterocycles. The Bertz CT molecular complexity index is 591. The molecule has 0 spiro atoms. The highest BCUT2D eigenvalue weighted by Crippen LogP contribution is 2.34. The molecule has 4 heterocycles. The molecule has 4 rings (SSSR count). The van der Waals surface area contributed by atoms with Gasteiger partial charge in [0.2, 0.25) is 5.95 Å². The number of aromatic nitrogens is 4. The molecule has 1 fully saturated rings. The van der Waals surface area contributed by atoms with Crippen molar-refractivity contribution in [2.45, 2.75) is 18.9 Å². The molecule has 0 amide bonds. The Morgan fingerprint density at radius 2 is 2.15 bits per heavy atom. The maximum absolute atomic E-state index is 5.53. The van der Waals surface area contributed by atoms with Gasteiger partial charge < -0.3 is 10.1 Å². The van der Waals surface area contributed by atoms with Gasteiger partial charge in [0.05, 0.1) is 12.6 Å². The first-order valence-electron chi connectivity index (χ1n) is 7.10. The van der Waals surface area contributed by atoms with Gasteiger partial charge in [0.25, 0.3) is 0 Å². The molecule has 6 heteroatoms. The summed E-state index contributed by atoms with van der Waals surface area (Å²) in [6.07, 6.45) is 5.74. The fourth-order valence-corrected chi connectivity index (χ4v) is 3.04. The first-order valence-corrected chi connectivity index (χ1v) is 7.10. The van der Waals surface area contributed by atoms with E-state index in [1.165, 1.54) is 0 Å². The molecule has 1 saturated heterocycles. The highest BCUT2D eigenvalue weighted by Gasteiger charge is 2.32. The summed E-state index contributed by atoms with van der Waals surface area (Å²) >= 11 is 0. The lowest BCUT2D eigenvalue weighted by atomic mass is 9.95. The predicted octanol–water partition coefficient (Wildman–Crippen LogP) is 1.73. The third kappa shape index (κ3) is 1.96. The van der Waals surface area contributed by atoms with Gasteiger partial charge in [-0.2, -0.15) is 4.98 Å². The number of nitrogens with zero attached hydrogens (tertiary/aromatic N) is 4. The van der Waals surface area contributed by atoms with Gasteiger partial charge in [-0.05, 0) is 25.0 Å². The largest absolute Gasteiger partial charge is 0.381 e. The summed E-state index contributed by atoms with van der Waals surface area (Å²) in [5.74, 6) is 2.20. The van der Waals surface area contributed by atoms with Crippen molar-refractivity contribution in [1.29, 1.82) is 0 Å². The molecule has 2 atom stereocenters. The molecule has 0 aliphatic carbocycles. The van der Waals surface area contributed by atoms with E-state index in [-0.39, 0.29) is 0 Å². The molecular weight excluding hydrogens is 254 g/mol. The minimum atomic E-state index is 0.400. The van der Waals surface area contributed by atoms with Crippen LogP contribution in [0.4, 0.5) is 5.95 Å². The van der Waals surface area contributed by atoms with Crippen LogP contribution in [0.1, 0.15) is 18.9 Å². The average Bonchev–Trinajstić information content (AvgIpc) is 3.17. The molecule has 2 aromatic rings. The molecule has 0 saturated carbocycles. The van der Waals surface area contributed by atoms with Gasteiger partial charge in [-0.1, -0.05) is 0 Å². The Kier molecular flexibility index (Phi) is 2.88. The normalized spacial score (nSPS) is 25.2. The lowest BCUT2D eigenvalue weighted by Gasteiger charge is -2.28. The molecule has 1 N–H and O–H groups in total. The molecule has 20 heavy (non-hydrogen) atoms. The maximum atomic E-state index is 5.53. The highest BCUT2D eigenvalue weighted by atomic mass is 16.5. The zero-order valence-electron chi connectivity index (χ0n) is 11.2. The van der Waals surface area contributed by atoms with Gasteiger partial charge in [0, 0.05) is 37.0 Å². The van der Waals surface area contributed by atoms with Crippen LogP contribution in [0.2, 0.25) is 0 Å². The molecule has 2 unspecified atom stereocenters. The predicted molar refractivity (Wildman–Crippen MR) is 74.3 cm³/mol. The van der Waals surface area contributed by atoms with E-state index in [0.717, 1.165) is 49.9 Å². The van der Waals surface area contributed by atoms with Gasteiger partial charge in [-0.15, -0.1) is 5.10 Å². The van der Waals surface area contributed by atoms with Crippen LogP contribution in [0.5, 0.6) is 0 Å². The Hall–Kier alpha value is -1.95. The Morgan fingerprint density at radius 3 is 2.95 bits per heavy atom. The second-order valence-electron chi connectivity index (χ2n) is 5.35. The molecule has 104 valence electrons. The first-order chi connectivity index (χ1) is 9.92. The summed E-state index contributed by atoms with van der Waals surface area (Å²) in [6.45, 7) is 2.67. The number of ether oxygens (including phenoxy) is 1. The lowest BCUT2D eigenvalue weighted by Crippen LogP contribution is -2.29. The summed E-state index contributed by atoms with van der Waals surface area (Å²) in [7, 11) is 0. The SMILES string of the molecule is c1cc(-c2nc3n(n2)C(C2CCOC2)CCN3)ccn1. The van der Waals surface area contributed by atoms with Crippen molar-refractivity contribution < 1.29 is 4.74 Å². The third-order valence-corrected chi connectivity index (χ3v) is 4.12. The molecule has 0 bridgehead atoms. The maximum Gasteiger partial charge on any atom is 0.221 e. The van der Waals surface area contributed by atoms with Crippen molar-refractivity contribution >= 4 is 5.95 Å². The Labute approximate surface area is 117 Å². The smallest absolute Gasteiger partial charge is 0.221 e. The van der Waals surface area contributed by atoms with Crippen LogP contribution in [-0.2, 0) is 4.74 Å². The van der Waals surface area contributed by atoms with Gasteiger partial charge >= 0.3 is 0 Å². The highest BCUT2D eigenvalue weighted by molar-refractivity contribution is 5.55. The van der Waals surface area contributed by atoms with E-state index in [1.807, 2.05) is 12.1 Å². The van der Waals surface area contributed by atoms with Crippen LogP contribution >= 0.6 is 0 Å². The first kappa shape index (κ1) is 11.8. The second-order valence-corrected chi connectivity index (χ2v) is 5.35. The lowest BCUT2D eigenvalue weighted by molar-refractivity contribution is 0.167. The topological polar surface area (TPSA) is 64.9 Å². The quantitative estimate of drug-likeness (QED) is 0.901. The van der Waals surface area contributed by atoms with Crippen molar-refractivity contribution in [2.24, 2.45) is 5.92 Å². The van der Waals surface area contributed by atoms with E-state index in [1.54, 1.807) is 12.4 Å². The minimum absolute atomic E-state index is 0.400. The van der Waals surface area contributed by atoms with E-state index in [9.17, 15) is 0 Å². The van der Waals surface area contributed by atoms with Crippen molar-refractivity contribution in [2.75, 3.05) is 25.1 Å². The van der Waals surface area contributed by atoms with Gasteiger partial charge in [-0.25, -0.2) is 4.68 Å². The summed E-state index contributed by atoms with van der Waals surface area (Å²) < 4.78 is 7.58. The summed E-state index contributed by atoms with van der Waals surface area (Å²) in [5.41, 5.74) is 1.00. The van der Waals surface area contributed by atoms with Crippen molar-refractivity contribution in [1.82, 2.24) is 19.7 Å². The third-order valence-electron chi connectivity index (χ3n) is 4.12. The van der Waals surface area contributed by atoms with Crippen LogP contribution in [0.3, 0.4) is 0 Å². The monoisotopic (exact) mass is 271 g/mol. The molecular formula is C14H17N5O. The van der Waals surface area contributed by atoms with E-state index in [2.05, 4.69) is 20.0 Å².